The van der Waals surface area contributed by atoms with Gasteiger partial charge >= 0.3 is 0 Å². The number of nitrogens with zero attached hydrogens (tertiary/aromatic N) is 2. The van der Waals surface area contributed by atoms with Crippen LogP contribution in [-0.4, -0.2) is 16.5 Å². The number of fused-ring (bicyclic) bond motifs is 1. The van der Waals surface area contributed by atoms with Gasteiger partial charge < -0.3 is 10.5 Å². The minimum atomic E-state index is 0.627. The molecule has 0 saturated carbocycles. The largest absolute Gasteiger partial charge is 0.493 e. The molecule has 3 rings (SSSR count). The molecule has 2 N–H and O–H groups in total. The number of imidazole rings is 1. The molecule has 0 fully saturated rings. The van der Waals surface area contributed by atoms with Crippen LogP contribution in [0.25, 0.3) is 16.2 Å². The van der Waals surface area contributed by atoms with Gasteiger partial charge in [-0.15, -0.1) is 11.3 Å². The zero-order valence-electron chi connectivity index (χ0n) is 10.5. The van der Waals surface area contributed by atoms with E-state index in [9.17, 15) is 0 Å². The molecule has 0 aliphatic carbocycles. The molecule has 98 valence electrons. The van der Waals surface area contributed by atoms with E-state index in [-0.39, 0.29) is 0 Å². The molecule has 3 heterocycles. The molecule has 4 nitrogen and oxygen atoms in total. The summed E-state index contributed by atoms with van der Waals surface area (Å²) in [6.07, 6.45) is 1.89. The Morgan fingerprint density at radius 1 is 1.47 bits per heavy atom. The van der Waals surface area contributed by atoms with Crippen molar-refractivity contribution in [3.8, 4) is 16.3 Å². The molecule has 3 aromatic rings. The van der Waals surface area contributed by atoms with Gasteiger partial charge in [0.2, 0.25) is 0 Å². The standard InChI is InChI=1S/C13H12BrN3OS/c1-7-8(14)6-10(19-7)11-12(15)17-5-3-4-9(18-2)13(17)16-11/h3-6H,15H2,1-2H3. The molecule has 6 heteroatoms. The molecule has 0 aliphatic rings. The van der Waals surface area contributed by atoms with Gasteiger partial charge in [-0.3, -0.25) is 4.40 Å². The average molecular weight is 338 g/mol. The van der Waals surface area contributed by atoms with E-state index in [4.69, 9.17) is 10.5 Å². The maximum absolute atomic E-state index is 6.19. The van der Waals surface area contributed by atoms with Crippen molar-refractivity contribution in [2.45, 2.75) is 6.92 Å². The third-order valence-corrected chi connectivity index (χ3v) is 5.11. The second kappa shape index (κ2) is 4.54. The fraction of sp³-hybridized carbons (Fsp3) is 0.154. The van der Waals surface area contributed by atoms with Crippen molar-refractivity contribution >= 4 is 38.7 Å². The highest BCUT2D eigenvalue weighted by Gasteiger charge is 2.16. The third-order valence-electron chi connectivity index (χ3n) is 2.96. The van der Waals surface area contributed by atoms with Crippen LogP contribution in [0.4, 0.5) is 5.82 Å². The summed E-state index contributed by atoms with van der Waals surface area (Å²) in [5.74, 6) is 1.34. The smallest absolute Gasteiger partial charge is 0.181 e. The molecule has 19 heavy (non-hydrogen) atoms. The van der Waals surface area contributed by atoms with Crippen molar-refractivity contribution in [3.63, 3.8) is 0 Å². The Morgan fingerprint density at radius 2 is 2.26 bits per heavy atom. The van der Waals surface area contributed by atoms with E-state index in [1.54, 1.807) is 18.4 Å². The van der Waals surface area contributed by atoms with E-state index < -0.39 is 0 Å². The molecule has 0 amide bonds. The van der Waals surface area contributed by atoms with Crippen molar-refractivity contribution in [2.75, 3.05) is 12.8 Å². The average Bonchev–Trinajstić information content (AvgIpc) is 2.91. The number of methoxy groups -OCH3 is 1. The summed E-state index contributed by atoms with van der Waals surface area (Å²) in [6, 6.07) is 5.81. The van der Waals surface area contributed by atoms with Crippen LogP contribution in [0.3, 0.4) is 0 Å². The molecule has 3 aromatic heterocycles. The highest BCUT2D eigenvalue weighted by atomic mass is 79.9. The first kappa shape index (κ1) is 12.5. The summed E-state index contributed by atoms with van der Waals surface area (Å²) in [6.45, 7) is 2.06. The summed E-state index contributed by atoms with van der Waals surface area (Å²) in [5, 5.41) is 0. The van der Waals surface area contributed by atoms with E-state index in [1.807, 2.05) is 28.8 Å². The van der Waals surface area contributed by atoms with Gasteiger partial charge in [-0.1, -0.05) is 0 Å². The van der Waals surface area contributed by atoms with Crippen LogP contribution < -0.4 is 10.5 Å². The van der Waals surface area contributed by atoms with E-state index >= 15 is 0 Å². The Morgan fingerprint density at radius 3 is 2.89 bits per heavy atom. The number of aryl methyl sites for hydroxylation is 1. The van der Waals surface area contributed by atoms with Crippen molar-refractivity contribution in [3.05, 3.63) is 33.7 Å². The third kappa shape index (κ3) is 1.91. The van der Waals surface area contributed by atoms with Crippen LogP contribution in [-0.2, 0) is 0 Å². The van der Waals surface area contributed by atoms with Crippen molar-refractivity contribution in [2.24, 2.45) is 0 Å². The van der Waals surface area contributed by atoms with Gasteiger partial charge in [0.05, 0.1) is 12.0 Å². The Labute approximate surface area is 123 Å². The number of pyridine rings is 1. The van der Waals surface area contributed by atoms with E-state index in [0.717, 1.165) is 20.7 Å². The SMILES string of the molecule is COc1cccn2c(N)c(-c3cc(Br)c(C)s3)nc12. The first-order valence-electron chi connectivity index (χ1n) is 5.68. The first-order chi connectivity index (χ1) is 9.11. The topological polar surface area (TPSA) is 52.5 Å². The molecule has 0 atom stereocenters. The van der Waals surface area contributed by atoms with Gasteiger partial charge in [0.15, 0.2) is 11.4 Å². The van der Waals surface area contributed by atoms with E-state index in [1.165, 1.54) is 4.88 Å². The molecule has 0 spiro atoms. The second-order valence-electron chi connectivity index (χ2n) is 4.13. The Balaban J connectivity index is 2.27. The monoisotopic (exact) mass is 337 g/mol. The number of hydrogen-bond donors (Lipinski definition) is 1. The van der Waals surface area contributed by atoms with Crippen LogP contribution >= 0.6 is 27.3 Å². The molecule has 0 unspecified atom stereocenters. The molecular weight excluding hydrogens is 326 g/mol. The number of anilines is 1. The molecule has 0 saturated heterocycles. The van der Waals surface area contributed by atoms with Crippen LogP contribution in [0.5, 0.6) is 5.75 Å². The highest BCUT2D eigenvalue weighted by molar-refractivity contribution is 9.10. The van der Waals surface area contributed by atoms with Gasteiger partial charge in [-0.2, -0.15) is 0 Å². The second-order valence-corrected chi connectivity index (χ2v) is 6.24. The van der Waals surface area contributed by atoms with E-state index in [2.05, 4.69) is 27.8 Å². The molecule has 0 radical (unpaired) electrons. The van der Waals surface area contributed by atoms with Crippen LogP contribution in [0.1, 0.15) is 4.88 Å². The number of nitrogen functional groups attached to an aromatic ring is 1. The lowest BCUT2D eigenvalue weighted by Crippen LogP contribution is -1.94. The maximum atomic E-state index is 6.19. The lowest BCUT2D eigenvalue weighted by molar-refractivity contribution is 0.417. The zero-order chi connectivity index (χ0) is 13.6. The van der Waals surface area contributed by atoms with Crippen LogP contribution in [0.15, 0.2) is 28.9 Å². The van der Waals surface area contributed by atoms with Gasteiger partial charge in [-0.25, -0.2) is 4.98 Å². The Bertz CT molecular complexity index is 743. The number of hydrogen-bond acceptors (Lipinski definition) is 4. The number of nitrogens with two attached hydrogens (primary N) is 1. The summed E-state index contributed by atoms with van der Waals surface area (Å²) in [4.78, 5) is 6.87. The number of aromatic nitrogens is 2. The molecular formula is C13H12BrN3OS. The van der Waals surface area contributed by atoms with Crippen molar-refractivity contribution < 1.29 is 4.74 Å². The lowest BCUT2D eigenvalue weighted by Gasteiger charge is -2.01. The fourth-order valence-electron chi connectivity index (χ4n) is 1.98. The number of ether oxygens (including phenoxy) is 1. The van der Waals surface area contributed by atoms with Gasteiger partial charge in [-0.05, 0) is 41.1 Å². The quantitative estimate of drug-likeness (QED) is 0.775. The van der Waals surface area contributed by atoms with Gasteiger partial charge in [0, 0.05) is 15.5 Å². The summed E-state index contributed by atoms with van der Waals surface area (Å²) in [7, 11) is 1.63. The summed E-state index contributed by atoms with van der Waals surface area (Å²) in [5.41, 5.74) is 7.72. The van der Waals surface area contributed by atoms with Gasteiger partial charge in [0.25, 0.3) is 0 Å². The minimum Gasteiger partial charge on any atom is -0.493 e. The van der Waals surface area contributed by atoms with E-state index in [0.29, 0.717) is 11.6 Å². The molecule has 0 aromatic carbocycles. The number of thiophene rings is 1. The predicted octanol–water partition coefficient (Wildman–Crippen LogP) is 3.72. The Hall–Kier alpha value is -1.53. The predicted molar refractivity (Wildman–Crippen MR) is 81.9 cm³/mol. The maximum Gasteiger partial charge on any atom is 0.181 e. The highest BCUT2D eigenvalue weighted by Crippen LogP contribution is 2.37. The summed E-state index contributed by atoms with van der Waals surface area (Å²) < 4.78 is 8.24. The Kier molecular flexibility index (Phi) is 2.99. The first-order valence-corrected chi connectivity index (χ1v) is 7.29. The zero-order valence-corrected chi connectivity index (χ0v) is 12.9. The van der Waals surface area contributed by atoms with Crippen molar-refractivity contribution in [1.29, 1.82) is 0 Å². The molecule has 0 aliphatic heterocycles. The normalized spacial score (nSPS) is 11.1. The van der Waals surface area contributed by atoms with Crippen LogP contribution in [0, 0.1) is 6.92 Å². The van der Waals surface area contributed by atoms with Crippen LogP contribution in [0.2, 0.25) is 0 Å². The lowest BCUT2D eigenvalue weighted by atomic mass is 10.3. The number of rotatable bonds is 2. The van der Waals surface area contributed by atoms with Gasteiger partial charge in [0.1, 0.15) is 11.5 Å². The fourth-order valence-corrected chi connectivity index (χ4v) is 3.51. The minimum absolute atomic E-state index is 0.627. The number of halogens is 1. The molecule has 0 bridgehead atoms. The summed E-state index contributed by atoms with van der Waals surface area (Å²) >= 11 is 5.19. The van der Waals surface area contributed by atoms with Crippen molar-refractivity contribution in [1.82, 2.24) is 9.38 Å².